The maximum atomic E-state index is 13.3. The van der Waals surface area contributed by atoms with Crippen LogP contribution in [-0.2, 0) is 14.8 Å². The molecule has 3 fully saturated rings. The summed E-state index contributed by atoms with van der Waals surface area (Å²) < 4.78 is 34.6. The van der Waals surface area contributed by atoms with Gasteiger partial charge in [0, 0.05) is 25.3 Å². The number of carbonyl (C=O) groups excluding carboxylic acids is 1. The first-order chi connectivity index (χ1) is 17.9. The molecule has 0 radical (unpaired) electrons. The van der Waals surface area contributed by atoms with Crippen molar-refractivity contribution in [2.75, 3.05) is 35.6 Å². The number of hydrogen-bond acceptors (Lipinski definition) is 8. The number of carbonyl (C=O) groups is 1. The van der Waals surface area contributed by atoms with E-state index in [2.05, 4.69) is 41.8 Å². The molecule has 2 atom stereocenters. The van der Waals surface area contributed by atoms with Crippen molar-refractivity contribution in [2.24, 2.45) is 11.8 Å². The molecule has 1 amide bonds. The van der Waals surface area contributed by atoms with Crippen LogP contribution in [0.4, 0.5) is 23.1 Å². The van der Waals surface area contributed by atoms with E-state index in [4.69, 9.17) is 4.74 Å². The summed E-state index contributed by atoms with van der Waals surface area (Å²) in [7, 11) is -3.23. The first-order valence-electron chi connectivity index (χ1n) is 13.0. The van der Waals surface area contributed by atoms with Gasteiger partial charge in [-0.1, -0.05) is 25.3 Å². The molecular formula is C25H31BrN6O4S. The number of rotatable bonds is 7. The van der Waals surface area contributed by atoms with Crippen LogP contribution in [0.1, 0.15) is 44.9 Å². The lowest BCUT2D eigenvalue weighted by atomic mass is 9.66. The fraction of sp³-hybridized carbons (Fsp3) is 0.560. The van der Waals surface area contributed by atoms with Gasteiger partial charge in [-0.2, -0.15) is 4.98 Å². The van der Waals surface area contributed by atoms with Gasteiger partial charge in [0.25, 0.3) is 5.91 Å². The number of nitrogens with zero attached hydrogens (tertiary/aromatic N) is 3. The molecule has 3 N–H and O–H groups in total. The molecule has 198 valence electrons. The van der Waals surface area contributed by atoms with Gasteiger partial charge in [0.1, 0.15) is 5.82 Å². The molecular weight excluding hydrogens is 560 g/mol. The summed E-state index contributed by atoms with van der Waals surface area (Å²) in [6.07, 6.45) is 8.62. The van der Waals surface area contributed by atoms with Crippen LogP contribution in [-0.4, -0.2) is 59.6 Å². The molecule has 4 aliphatic rings. The van der Waals surface area contributed by atoms with Gasteiger partial charge in [0.05, 0.1) is 21.1 Å². The molecule has 1 aromatic carbocycles. The van der Waals surface area contributed by atoms with Crippen molar-refractivity contribution in [1.29, 1.82) is 0 Å². The Balaban J connectivity index is 1.08. The Morgan fingerprint density at radius 1 is 1.11 bits per heavy atom. The molecule has 12 heteroatoms. The largest absolute Gasteiger partial charge is 0.479 e. The third kappa shape index (κ3) is 4.90. The molecule has 2 saturated carbocycles. The standard InChI is InChI=1S/C25H31BrN6O4S/c26-18-13-27-25(31-24(18)30-20-6-2-5-19-23(20)36-14-22(33)29-19)28-16-9-11-32(12-10-16)37(34,35)21-8-7-17(21)15-3-1-4-15/h2,5-6,13,15-17,21H,1,3-4,7-12,14H2,(H,29,33)(H2,27,28,30,31). The number of nitrogens with one attached hydrogen (secondary N) is 3. The van der Waals surface area contributed by atoms with E-state index >= 15 is 0 Å². The Morgan fingerprint density at radius 3 is 2.62 bits per heavy atom. The number of anilines is 4. The van der Waals surface area contributed by atoms with Crippen molar-refractivity contribution >= 4 is 55.0 Å². The minimum atomic E-state index is -3.23. The van der Waals surface area contributed by atoms with Crippen LogP contribution < -0.4 is 20.7 Å². The number of ether oxygens (including phenoxy) is 1. The second kappa shape index (κ2) is 10.0. The van der Waals surface area contributed by atoms with Crippen molar-refractivity contribution in [1.82, 2.24) is 14.3 Å². The topological polar surface area (TPSA) is 126 Å². The zero-order valence-corrected chi connectivity index (χ0v) is 22.9. The van der Waals surface area contributed by atoms with E-state index in [-0.39, 0.29) is 23.8 Å². The summed E-state index contributed by atoms with van der Waals surface area (Å²) in [5.41, 5.74) is 1.28. The van der Waals surface area contributed by atoms with Gasteiger partial charge >= 0.3 is 0 Å². The lowest BCUT2D eigenvalue weighted by Gasteiger charge is -2.47. The van der Waals surface area contributed by atoms with Crippen LogP contribution >= 0.6 is 15.9 Å². The fourth-order valence-electron chi connectivity index (χ4n) is 5.77. The van der Waals surface area contributed by atoms with Gasteiger partial charge in [-0.05, 0) is 65.6 Å². The number of amides is 1. The smallest absolute Gasteiger partial charge is 0.262 e. The van der Waals surface area contributed by atoms with Gasteiger partial charge in [-0.3, -0.25) is 4.79 Å². The number of para-hydroxylation sites is 1. The second-order valence-corrected chi connectivity index (χ2v) is 13.4. The highest BCUT2D eigenvalue weighted by atomic mass is 79.9. The van der Waals surface area contributed by atoms with Crippen LogP contribution in [0.15, 0.2) is 28.9 Å². The van der Waals surface area contributed by atoms with Crippen LogP contribution in [0.2, 0.25) is 0 Å². The molecule has 37 heavy (non-hydrogen) atoms. The van der Waals surface area contributed by atoms with Crippen LogP contribution in [0.3, 0.4) is 0 Å². The van der Waals surface area contributed by atoms with Crippen molar-refractivity contribution in [3.05, 3.63) is 28.9 Å². The molecule has 2 aliphatic carbocycles. The van der Waals surface area contributed by atoms with Gasteiger partial charge < -0.3 is 20.7 Å². The van der Waals surface area contributed by atoms with E-state index in [1.54, 1.807) is 16.6 Å². The van der Waals surface area contributed by atoms with Crippen LogP contribution in [0.5, 0.6) is 5.75 Å². The van der Waals surface area contributed by atoms with Gasteiger partial charge in [0.2, 0.25) is 16.0 Å². The van der Waals surface area contributed by atoms with Crippen molar-refractivity contribution < 1.29 is 17.9 Å². The number of benzene rings is 1. The first kappa shape index (κ1) is 24.9. The Kier molecular flexibility index (Phi) is 6.74. The zero-order chi connectivity index (χ0) is 25.6. The minimum absolute atomic E-state index is 0.0418. The third-order valence-electron chi connectivity index (χ3n) is 8.18. The molecule has 1 saturated heterocycles. The summed E-state index contributed by atoms with van der Waals surface area (Å²) in [5, 5.41) is 9.28. The van der Waals surface area contributed by atoms with Gasteiger partial charge in [0.15, 0.2) is 12.4 Å². The van der Waals surface area contributed by atoms with Crippen molar-refractivity contribution in [3.8, 4) is 5.75 Å². The fourth-order valence-corrected chi connectivity index (χ4v) is 8.39. The number of fused-ring (bicyclic) bond motifs is 1. The molecule has 10 nitrogen and oxygen atoms in total. The third-order valence-corrected chi connectivity index (χ3v) is 11.2. The number of halogens is 1. The normalized spacial score (nSPS) is 24.7. The number of aromatic nitrogens is 2. The van der Waals surface area contributed by atoms with E-state index in [0.29, 0.717) is 71.1 Å². The van der Waals surface area contributed by atoms with E-state index in [9.17, 15) is 13.2 Å². The Morgan fingerprint density at radius 2 is 1.92 bits per heavy atom. The minimum Gasteiger partial charge on any atom is -0.479 e. The summed E-state index contributed by atoms with van der Waals surface area (Å²) >= 11 is 3.50. The maximum Gasteiger partial charge on any atom is 0.262 e. The SMILES string of the molecule is O=C1COc2c(cccc2Nc2nc(NC3CCN(S(=O)(=O)C4CCC4C4CCC4)CC3)ncc2Br)N1. The molecule has 0 spiro atoms. The average Bonchev–Trinajstić information content (AvgIpc) is 2.82. The highest BCUT2D eigenvalue weighted by Crippen LogP contribution is 2.47. The first-order valence-corrected chi connectivity index (χ1v) is 15.3. The molecule has 2 aliphatic heterocycles. The summed E-state index contributed by atoms with van der Waals surface area (Å²) in [6, 6.07) is 5.55. The summed E-state index contributed by atoms with van der Waals surface area (Å²) in [6.45, 7) is 1.00. The Hall–Kier alpha value is -2.44. The van der Waals surface area contributed by atoms with Crippen molar-refractivity contribution in [3.63, 3.8) is 0 Å². The molecule has 2 unspecified atom stereocenters. The second-order valence-electron chi connectivity index (χ2n) is 10.4. The van der Waals surface area contributed by atoms with Crippen LogP contribution in [0.25, 0.3) is 0 Å². The molecule has 6 rings (SSSR count). The molecule has 0 bridgehead atoms. The quantitative estimate of drug-likeness (QED) is 0.440. The van der Waals surface area contributed by atoms with E-state index in [1.165, 1.54) is 19.3 Å². The highest BCUT2D eigenvalue weighted by Gasteiger charge is 2.48. The maximum absolute atomic E-state index is 13.3. The number of sulfonamides is 1. The predicted molar refractivity (Wildman–Crippen MR) is 145 cm³/mol. The summed E-state index contributed by atoms with van der Waals surface area (Å²) in [4.78, 5) is 20.7. The summed E-state index contributed by atoms with van der Waals surface area (Å²) in [5.74, 6) is 2.38. The van der Waals surface area contributed by atoms with E-state index in [0.717, 1.165) is 12.8 Å². The zero-order valence-electron chi connectivity index (χ0n) is 20.5. The Bertz CT molecular complexity index is 1300. The Labute approximate surface area is 225 Å². The van der Waals surface area contributed by atoms with E-state index in [1.807, 2.05) is 12.1 Å². The number of piperidine rings is 1. The van der Waals surface area contributed by atoms with Crippen LogP contribution in [0, 0.1) is 11.8 Å². The highest BCUT2D eigenvalue weighted by molar-refractivity contribution is 9.10. The number of hydrogen-bond donors (Lipinski definition) is 3. The lowest BCUT2D eigenvalue weighted by Crippen LogP contribution is -2.53. The van der Waals surface area contributed by atoms with E-state index < -0.39 is 10.0 Å². The monoisotopic (exact) mass is 590 g/mol. The lowest BCUT2D eigenvalue weighted by molar-refractivity contribution is -0.118. The van der Waals surface area contributed by atoms with Gasteiger partial charge in [-0.25, -0.2) is 17.7 Å². The average molecular weight is 592 g/mol. The molecule has 3 heterocycles. The predicted octanol–water partition coefficient (Wildman–Crippen LogP) is 4.10. The molecule has 1 aromatic heterocycles. The van der Waals surface area contributed by atoms with Gasteiger partial charge in [-0.15, -0.1) is 0 Å². The van der Waals surface area contributed by atoms with Crippen molar-refractivity contribution in [2.45, 2.75) is 56.2 Å². The molecule has 2 aromatic rings.